The lowest BCUT2D eigenvalue weighted by Gasteiger charge is -2.09. The first-order valence-electron chi connectivity index (χ1n) is 9.28. The molecular formula is C23H19ClFN3O3. The minimum Gasteiger partial charge on any atom is -0.482 e. The van der Waals surface area contributed by atoms with E-state index in [0.29, 0.717) is 22.6 Å². The van der Waals surface area contributed by atoms with Crippen molar-refractivity contribution < 1.29 is 18.7 Å². The molecule has 8 heteroatoms. The first-order valence-corrected chi connectivity index (χ1v) is 9.66. The molecule has 31 heavy (non-hydrogen) atoms. The van der Waals surface area contributed by atoms with E-state index >= 15 is 0 Å². The largest absolute Gasteiger partial charge is 0.482 e. The predicted molar refractivity (Wildman–Crippen MR) is 118 cm³/mol. The Balaban J connectivity index is 1.51. The van der Waals surface area contributed by atoms with E-state index in [0.717, 1.165) is 5.56 Å². The molecule has 158 valence electrons. The van der Waals surface area contributed by atoms with Crippen molar-refractivity contribution in [2.24, 2.45) is 5.10 Å². The van der Waals surface area contributed by atoms with Gasteiger partial charge in [0.25, 0.3) is 11.8 Å². The number of nitrogens with one attached hydrogen (secondary N) is 2. The molecule has 0 bridgehead atoms. The third-order valence-electron chi connectivity index (χ3n) is 4.14. The second kappa shape index (κ2) is 10.4. The Labute approximate surface area is 183 Å². The molecule has 0 radical (unpaired) electrons. The summed E-state index contributed by atoms with van der Waals surface area (Å²) in [6.45, 7) is 1.67. The van der Waals surface area contributed by atoms with Crippen molar-refractivity contribution in [2.45, 2.75) is 6.92 Å². The Kier molecular flexibility index (Phi) is 7.35. The van der Waals surface area contributed by atoms with Crippen LogP contribution in [0.25, 0.3) is 0 Å². The highest BCUT2D eigenvalue weighted by molar-refractivity contribution is 6.32. The molecule has 2 amide bonds. The van der Waals surface area contributed by atoms with Gasteiger partial charge in [0.1, 0.15) is 11.6 Å². The summed E-state index contributed by atoms with van der Waals surface area (Å²) in [4.78, 5) is 24.0. The van der Waals surface area contributed by atoms with E-state index in [1.807, 2.05) is 19.1 Å². The van der Waals surface area contributed by atoms with Crippen LogP contribution < -0.4 is 15.5 Å². The topological polar surface area (TPSA) is 79.8 Å². The number of anilines is 1. The number of halogens is 2. The molecule has 2 N–H and O–H groups in total. The lowest BCUT2D eigenvalue weighted by atomic mass is 10.1. The van der Waals surface area contributed by atoms with E-state index in [9.17, 15) is 14.0 Å². The second-order valence-electron chi connectivity index (χ2n) is 6.60. The Morgan fingerprint density at radius 1 is 1.06 bits per heavy atom. The fourth-order valence-corrected chi connectivity index (χ4v) is 2.77. The molecule has 0 atom stereocenters. The summed E-state index contributed by atoms with van der Waals surface area (Å²) in [6.07, 6.45) is 1.45. The molecule has 3 aromatic carbocycles. The number of amides is 2. The van der Waals surface area contributed by atoms with Crippen LogP contribution in [0.5, 0.6) is 5.75 Å². The van der Waals surface area contributed by atoms with Gasteiger partial charge in [-0.2, -0.15) is 5.10 Å². The summed E-state index contributed by atoms with van der Waals surface area (Å²) in [7, 11) is 0. The van der Waals surface area contributed by atoms with Crippen LogP contribution in [0.1, 0.15) is 21.5 Å². The molecule has 0 spiro atoms. The van der Waals surface area contributed by atoms with Crippen molar-refractivity contribution in [3.63, 3.8) is 0 Å². The molecule has 0 heterocycles. The predicted octanol–water partition coefficient (Wildman–Crippen LogP) is 4.57. The monoisotopic (exact) mass is 439 g/mol. The first-order chi connectivity index (χ1) is 14.9. The summed E-state index contributed by atoms with van der Waals surface area (Å²) >= 11 is 6.20. The third-order valence-corrected chi connectivity index (χ3v) is 4.43. The first kappa shape index (κ1) is 22.0. The molecule has 0 saturated heterocycles. The summed E-state index contributed by atoms with van der Waals surface area (Å²) in [5.74, 6) is -0.808. The normalized spacial score (nSPS) is 10.7. The number of ether oxygens (including phenoxy) is 1. The highest BCUT2D eigenvalue weighted by atomic mass is 35.5. The number of aryl methyl sites for hydroxylation is 1. The SMILES string of the molecule is Cc1ccc(C(=O)NN=Cc2ccc(OCC(=O)Nc3ccc(F)cc3)c(Cl)c2)cc1. The zero-order chi connectivity index (χ0) is 22.2. The minimum absolute atomic E-state index is 0.267. The number of carbonyl (C=O) groups is 2. The minimum atomic E-state index is -0.410. The maximum atomic E-state index is 12.9. The maximum Gasteiger partial charge on any atom is 0.271 e. The van der Waals surface area contributed by atoms with Crippen LogP contribution in [0.3, 0.4) is 0 Å². The van der Waals surface area contributed by atoms with Gasteiger partial charge in [0.2, 0.25) is 0 Å². The fraction of sp³-hybridized carbons (Fsp3) is 0.0870. The van der Waals surface area contributed by atoms with Crippen molar-refractivity contribution in [3.8, 4) is 5.75 Å². The quantitative estimate of drug-likeness (QED) is 0.418. The van der Waals surface area contributed by atoms with Crippen LogP contribution in [0.4, 0.5) is 10.1 Å². The van der Waals surface area contributed by atoms with Gasteiger partial charge in [-0.05, 0) is 67.1 Å². The summed E-state index contributed by atoms with van der Waals surface area (Å²) in [5, 5.41) is 6.79. The van der Waals surface area contributed by atoms with Gasteiger partial charge in [-0.25, -0.2) is 9.82 Å². The Hall–Kier alpha value is -3.71. The van der Waals surface area contributed by atoms with Gasteiger partial charge in [0, 0.05) is 11.3 Å². The average Bonchev–Trinajstić information content (AvgIpc) is 2.75. The lowest BCUT2D eigenvalue weighted by Crippen LogP contribution is -2.20. The van der Waals surface area contributed by atoms with Gasteiger partial charge in [0.05, 0.1) is 11.2 Å². The van der Waals surface area contributed by atoms with E-state index in [1.54, 1.807) is 30.3 Å². The molecule has 6 nitrogen and oxygen atoms in total. The molecule has 0 aromatic heterocycles. The van der Waals surface area contributed by atoms with Crippen LogP contribution in [-0.4, -0.2) is 24.6 Å². The standard InChI is InChI=1S/C23H19ClFN3O3/c1-15-2-5-17(6-3-15)23(30)28-26-13-16-4-11-21(20(24)12-16)31-14-22(29)27-19-9-7-18(25)8-10-19/h2-13H,14H2,1H3,(H,27,29)(H,28,30). The van der Waals surface area contributed by atoms with Crippen LogP contribution in [-0.2, 0) is 4.79 Å². The Morgan fingerprint density at radius 2 is 1.77 bits per heavy atom. The molecule has 0 aliphatic rings. The number of hydrazone groups is 1. The van der Waals surface area contributed by atoms with Gasteiger partial charge >= 0.3 is 0 Å². The zero-order valence-electron chi connectivity index (χ0n) is 16.6. The summed E-state index contributed by atoms with van der Waals surface area (Å²) < 4.78 is 18.3. The maximum absolute atomic E-state index is 12.9. The van der Waals surface area contributed by atoms with E-state index < -0.39 is 5.91 Å². The molecule has 0 aliphatic carbocycles. The average molecular weight is 440 g/mol. The van der Waals surface area contributed by atoms with Crippen LogP contribution in [0.15, 0.2) is 71.8 Å². The van der Waals surface area contributed by atoms with Gasteiger partial charge < -0.3 is 10.1 Å². The zero-order valence-corrected chi connectivity index (χ0v) is 17.3. The van der Waals surface area contributed by atoms with Gasteiger partial charge in [-0.3, -0.25) is 9.59 Å². The van der Waals surface area contributed by atoms with Gasteiger partial charge in [-0.15, -0.1) is 0 Å². The molecule has 0 aliphatic heterocycles. The number of nitrogens with zero attached hydrogens (tertiary/aromatic N) is 1. The highest BCUT2D eigenvalue weighted by Gasteiger charge is 2.08. The smallest absolute Gasteiger partial charge is 0.271 e. The van der Waals surface area contributed by atoms with Crippen molar-refractivity contribution >= 4 is 35.3 Å². The molecule has 3 rings (SSSR count). The van der Waals surface area contributed by atoms with Crippen LogP contribution >= 0.6 is 11.6 Å². The summed E-state index contributed by atoms with van der Waals surface area (Å²) in [5.41, 5.74) is 5.11. The molecule has 0 unspecified atom stereocenters. The van der Waals surface area contributed by atoms with Crippen LogP contribution in [0.2, 0.25) is 5.02 Å². The van der Waals surface area contributed by atoms with Crippen molar-refractivity contribution in [1.29, 1.82) is 0 Å². The van der Waals surface area contributed by atoms with Crippen molar-refractivity contribution in [3.05, 3.63) is 94.3 Å². The number of hydrogen-bond acceptors (Lipinski definition) is 4. The van der Waals surface area contributed by atoms with Crippen molar-refractivity contribution in [2.75, 3.05) is 11.9 Å². The Bertz CT molecular complexity index is 1100. The number of carbonyl (C=O) groups excluding carboxylic acids is 2. The molecule has 3 aromatic rings. The third kappa shape index (κ3) is 6.65. The number of hydrogen-bond donors (Lipinski definition) is 2. The highest BCUT2D eigenvalue weighted by Crippen LogP contribution is 2.25. The van der Waals surface area contributed by atoms with E-state index in [-0.39, 0.29) is 23.4 Å². The van der Waals surface area contributed by atoms with E-state index in [2.05, 4.69) is 15.8 Å². The van der Waals surface area contributed by atoms with E-state index in [4.69, 9.17) is 16.3 Å². The molecule has 0 fully saturated rings. The van der Waals surface area contributed by atoms with E-state index in [1.165, 1.54) is 30.5 Å². The lowest BCUT2D eigenvalue weighted by molar-refractivity contribution is -0.118. The molecular weight excluding hydrogens is 421 g/mol. The van der Waals surface area contributed by atoms with Crippen molar-refractivity contribution in [1.82, 2.24) is 5.43 Å². The summed E-state index contributed by atoms with van der Waals surface area (Å²) in [6, 6.07) is 17.4. The Morgan fingerprint density at radius 3 is 2.45 bits per heavy atom. The van der Waals surface area contributed by atoms with Gasteiger partial charge in [0.15, 0.2) is 6.61 Å². The van der Waals surface area contributed by atoms with Crippen LogP contribution in [0, 0.1) is 12.7 Å². The fourth-order valence-electron chi connectivity index (χ4n) is 2.52. The molecule has 0 saturated carbocycles. The van der Waals surface area contributed by atoms with Gasteiger partial charge in [-0.1, -0.05) is 29.3 Å². The number of benzene rings is 3. The second-order valence-corrected chi connectivity index (χ2v) is 7.01. The number of rotatable bonds is 7.